The topological polar surface area (TPSA) is 88.5 Å². The van der Waals surface area contributed by atoms with E-state index in [2.05, 4.69) is 10.6 Å². The van der Waals surface area contributed by atoms with E-state index >= 15 is 0 Å². The summed E-state index contributed by atoms with van der Waals surface area (Å²) in [5, 5.41) is 9.79. The number of rotatable bonds is 8. The summed E-state index contributed by atoms with van der Waals surface area (Å²) in [6.07, 6.45) is -4.66. The summed E-state index contributed by atoms with van der Waals surface area (Å²) < 4.78 is 46.8. The number of aryl methyl sites for hydroxylation is 1. The Hall–Kier alpha value is -3.86. The summed E-state index contributed by atoms with van der Waals surface area (Å²) in [7, 11) is 1.42. The first-order valence-electron chi connectivity index (χ1n) is 12.0. The molecule has 3 rings (SSSR count). The van der Waals surface area contributed by atoms with Gasteiger partial charge in [-0.2, -0.15) is 18.3 Å². The van der Waals surface area contributed by atoms with Crippen molar-refractivity contribution in [1.82, 2.24) is 14.7 Å². The predicted octanol–water partition coefficient (Wildman–Crippen LogP) is 5.62. The zero-order valence-electron chi connectivity index (χ0n) is 22.0. The van der Waals surface area contributed by atoms with Crippen molar-refractivity contribution in [3.8, 4) is 5.69 Å². The number of halogens is 3. The molecule has 0 aliphatic carbocycles. The highest BCUT2D eigenvalue weighted by atomic mass is 19.4. The number of aromatic nitrogens is 2. The molecule has 1 aromatic heterocycles. The molecule has 38 heavy (non-hydrogen) atoms. The number of hydrogen-bond donors (Lipinski definition) is 2. The number of urea groups is 1. The molecule has 8 nitrogen and oxygen atoms in total. The van der Waals surface area contributed by atoms with Crippen LogP contribution in [0.1, 0.15) is 37.6 Å². The van der Waals surface area contributed by atoms with E-state index in [1.807, 2.05) is 52.0 Å². The van der Waals surface area contributed by atoms with E-state index < -0.39 is 35.9 Å². The molecule has 0 unspecified atom stereocenters. The third kappa shape index (κ3) is 7.12. The van der Waals surface area contributed by atoms with Crippen LogP contribution in [-0.4, -0.2) is 53.4 Å². The maximum absolute atomic E-state index is 13.4. The second-order valence-electron chi connectivity index (χ2n) is 9.80. The van der Waals surface area contributed by atoms with Gasteiger partial charge in [-0.1, -0.05) is 51.1 Å². The summed E-state index contributed by atoms with van der Waals surface area (Å²) in [5.74, 6) is -0.140. The van der Waals surface area contributed by atoms with Crippen LogP contribution in [0.5, 0.6) is 0 Å². The van der Waals surface area contributed by atoms with Crippen molar-refractivity contribution in [2.45, 2.75) is 39.3 Å². The van der Waals surface area contributed by atoms with Crippen LogP contribution in [0, 0.1) is 6.92 Å². The van der Waals surface area contributed by atoms with Crippen molar-refractivity contribution < 1.29 is 27.5 Å². The molecule has 0 fully saturated rings. The second kappa shape index (κ2) is 11.7. The molecule has 1 heterocycles. The first-order valence-corrected chi connectivity index (χ1v) is 12.0. The van der Waals surface area contributed by atoms with Crippen LogP contribution in [0.25, 0.3) is 5.69 Å². The number of carbonyl (C=O) groups is 2. The van der Waals surface area contributed by atoms with Crippen molar-refractivity contribution in [3.63, 3.8) is 0 Å². The normalized spacial score (nSPS) is 11.8. The van der Waals surface area contributed by atoms with Crippen molar-refractivity contribution in [2.24, 2.45) is 0 Å². The number of carbonyl (C=O) groups excluding carboxylic acids is 2. The van der Waals surface area contributed by atoms with Gasteiger partial charge in [-0.05, 0) is 30.7 Å². The number of benzene rings is 2. The average Bonchev–Trinajstić information content (AvgIpc) is 3.25. The van der Waals surface area contributed by atoms with Crippen LogP contribution in [0.15, 0.2) is 54.6 Å². The molecule has 3 aromatic rings. The van der Waals surface area contributed by atoms with Crippen LogP contribution in [-0.2, 0) is 21.1 Å². The molecular formula is C27H32F3N5O3. The van der Waals surface area contributed by atoms with Gasteiger partial charge in [-0.3, -0.25) is 4.79 Å². The van der Waals surface area contributed by atoms with Gasteiger partial charge in [-0.15, -0.1) is 0 Å². The molecule has 0 spiro atoms. The van der Waals surface area contributed by atoms with Gasteiger partial charge in [0.2, 0.25) is 5.91 Å². The minimum absolute atomic E-state index is 0.0196. The van der Waals surface area contributed by atoms with Crippen LogP contribution < -0.4 is 10.6 Å². The van der Waals surface area contributed by atoms with Gasteiger partial charge in [0.05, 0.1) is 29.2 Å². The Morgan fingerprint density at radius 3 is 2.32 bits per heavy atom. The van der Waals surface area contributed by atoms with E-state index in [-0.39, 0.29) is 18.6 Å². The van der Waals surface area contributed by atoms with Gasteiger partial charge in [0.15, 0.2) is 0 Å². The van der Waals surface area contributed by atoms with Crippen LogP contribution >= 0.6 is 0 Å². The molecule has 0 saturated carbocycles. The Morgan fingerprint density at radius 2 is 1.68 bits per heavy atom. The molecule has 0 bridgehead atoms. The zero-order chi connectivity index (χ0) is 28.1. The molecule has 2 aromatic carbocycles. The largest absolute Gasteiger partial charge is 0.418 e. The van der Waals surface area contributed by atoms with Gasteiger partial charge in [-0.25, -0.2) is 9.48 Å². The van der Waals surface area contributed by atoms with Crippen molar-refractivity contribution in [3.05, 3.63) is 71.4 Å². The number of ether oxygens (including phenoxy) is 1. The lowest BCUT2D eigenvalue weighted by Gasteiger charge is -2.23. The van der Waals surface area contributed by atoms with Crippen LogP contribution in [0.4, 0.5) is 29.5 Å². The van der Waals surface area contributed by atoms with Gasteiger partial charge >= 0.3 is 12.2 Å². The zero-order valence-corrected chi connectivity index (χ0v) is 22.0. The number of nitrogens with zero attached hydrogens (tertiary/aromatic N) is 3. The fraction of sp³-hybridized carbons (Fsp3) is 0.370. The Morgan fingerprint density at radius 1 is 1.03 bits per heavy atom. The molecule has 0 aliphatic rings. The third-order valence-electron chi connectivity index (χ3n) is 5.75. The minimum atomic E-state index is -4.66. The number of alkyl halides is 3. The predicted molar refractivity (Wildman–Crippen MR) is 140 cm³/mol. The first kappa shape index (κ1) is 28.7. The lowest BCUT2D eigenvalue weighted by Crippen LogP contribution is -2.42. The van der Waals surface area contributed by atoms with Crippen LogP contribution in [0.2, 0.25) is 0 Å². The minimum Gasteiger partial charge on any atom is -0.383 e. The highest BCUT2D eigenvalue weighted by Gasteiger charge is 2.34. The van der Waals surface area contributed by atoms with E-state index in [4.69, 9.17) is 9.84 Å². The van der Waals surface area contributed by atoms with Crippen molar-refractivity contribution >= 4 is 23.4 Å². The van der Waals surface area contributed by atoms with E-state index in [0.717, 1.165) is 34.0 Å². The molecule has 0 saturated heterocycles. The lowest BCUT2D eigenvalue weighted by molar-refractivity contribution is -0.137. The number of anilines is 2. The summed E-state index contributed by atoms with van der Waals surface area (Å²) in [6.45, 7) is 7.56. The van der Waals surface area contributed by atoms with Gasteiger partial charge in [0.1, 0.15) is 12.4 Å². The number of methoxy groups -OCH3 is 1. The van der Waals surface area contributed by atoms with Crippen LogP contribution in [0.3, 0.4) is 0 Å². The number of nitrogens with one attached hydrogen (secondary N) is 2. The average molecular weight is 532 g/mol. The standard InChI is InChI=1S/C27H32F3N5O3/c1-18-10-6-9-13-21(18)35-23(16-22(33-35)26(2,3)4)32-24(36)17-34(14-15-38-5)25(37)31-20-12-8-7-11-19(20)27(28,29)30/h6-13,16H,14-15,17H2,1-5H3,(H,31,37)(H,32,36). The van der Waals surface area contributed by atoms with E-state index in [0.29, 0.717) is 5.82 Å². The van der Waals surface area contributed by atoms with Gasteiger partial charge < -0.3 is 20.3 Å². The summed E-state index contributed by atoms with van der Waals surface area (Å²) in [6, 6.07) is 13.1. The maximum Gasteiger partial charge on any atom is 0.418 e. The Kier molecular flexibility index (Phi) is 8.82. The highest BCUT2D eigenvalue weighted by molar-refractivity contribution is 5.97. The quantitative estimate of drug-likeness (QED) is 0.395. The number of hydrogen-bond acceptors (Lipinski definition) is 4. The van der Waals surface area contributed by atoms with E-state index in [1.165, 1.54) is 19.2 Å². The monoisotopic (exact) mass is 531 g/mol. The highest BCUT2D eigenvalue weighted by Crippen LogP contribution is 2.34. The molecule has 0 radical (unpaired) electrons. The summed E-state index contributed by atoms with van der Waals surface area (Å²) in [5.41, 5.74) is 0.770. The summed E-state index contributed by atoms with van der Waals surface area (Å²) in [4.78, 5) is 27.1. The van der Waals surface area contributed by atoms with Gasteiger partial charge in [0, 0.05) is 25.1 Å². The molecule has 11 heteroatoms. The number of para-hydroxylation sites is 2. The van der Waals surface area contributed by atoms with Gasteiger partial charge in [0.25, 0.3) is 0 Å². The lowest BCUT2D eigenvalue weighted by atomic mass is 9.92. The van der Waals surface area contributed by atoms with E-state index in [1.54, 1.807) is 10.7 Å². The maximum atomic E-state index is 13.4. The Bertz CT molecular complexity index is 1280. The van der Waals surface area contributed by atoms with Crippen molar-refractivity contribution in [1.29, 1.82) is 0 Å². The molecule has 0 atom stereocenters. The number of amides is 3. The molecule has 204 valence electrons. The van der Waals surface area contributed by atoms with E-state index in [9.17, 15) is 22.8 Å². The third-order valence-corrected chi connectivity index (χ3v) is 5.75. The Balaban J connectivity index is 1.85. The Labute approximate surface area is 219 Å². The SMILES string of the molecule is COCCN(CC(=O)Nc1cc(C(C)(C)C)nn1-c1ccccc1C)C(=O)Nc1ccccc1C(F)(F)F. The summed E-state index contributed by atoms with van der Waals surface area (Å²) >= 11 is 0. The smallest absolute Gasteiger partial charge is 0.383 e. The van der Waals surface area contributed by atoms with Crippen molar-refractivity contribution in [2.75, 3.05) is 37.4 Å². The molecule has 2 N–H and O–H groups in total. The fourth-order valence-corrected chi connectivity index (χ4v) is 3.66. The molecule has 3 amide bonds. The molecule has 0 aliphatic heterocycles. The fourth-order valence-electron chi connectivity index (χ4n) is 3.66. The molecular weight excluding hydrogens is 499 g/mol. The first-order chi connectivity index (χ1) is 17.8. The second-order valence-corrected chi connectivity index (χ2v) is 9.80.